The molecular formula is C16H22FN3O2. The highest BCUT2D eigenvalue weighted by Gasteiger charge is 2.20. The molecule has 0 unspecified atom stereocenters. The Morgan fingerprint density at radius 1 is 1.18 bits per heavy atom. The molecule has 2 amide bonds. The Balaban J connectivity index is 1.69. The van der Waals surface area contributed by atoms with Crippen molar-refractivity contribution in [3.05, 3.63) is 35.6 Å². The Morgan fingerprint density at radius 3 is 2.55 bits per heavy atom. The van der Waals surface area contributed by atoms with Crippen LogP contribution in [0, 0.1) is 5.82 Å². The molecule has 6 heteroatoms. The van der Waals surface area contributed by atoms with E-state index in [4.69, 9.17) is 0 Å². The molecule has 1 saturated heterocycles. The first-order valence-electron chi connectivity index (χ1n) is 7.52. The summed E-state index contributed by atoms with van der Waals surface area (Å²) in [6, 6.07) is 6.48. The van der Waals surface area contributed by atoms with E-state index >= 15 is 0 Å². The van der Waals surface area contributed by atoms with Gasteiger partial charge >= 0.3 is 0 Å². The third kappa shape index (κ3) is 4.80. The predicted molar refractivity (Wildman–Crippen MR) is 81.8 cm³/mol. The third-order valence-corrected chi connectivity index (χ3v) is 3.84. The van der Waals surface area contributed by atoms with Crippen LogP contribution in [0.25, 0.3) is 0 Å². The van der Waals surface area contributed by atoms with Gasteiger partial charge in [-0.1, -0.05) is 18.2 Å². The summed E-state index contributed by atoms with van der Waals surface area (Å²) in [5.74, 6) is -0.720. The standard InChI is InChI=1S/C16H22FN3O2/c1-19-8-10-20(11-9-19)16(22)12-15(21)18-7-6-13-4-2-3-5-14(13)17/h2-5H,6-12H2,1H3,(H,18,21). The maximum Gasteiger partial charge on any atom is 0.232 e. The summed E-state index contributed by atoms with van der Waals surface area (Å²) in [6.07, 6.45) is 0.280. The monoisotopic (exact) mass is 307 g/mol. The molecular weight excluding hydrogens is 285 g/mol. The van der Waals surface area contributed by atoms with E-state index in [1.54, 1.807) is 23.1 Å². The second-order valence-electron chi connectivity index (χ2n) is 5.55. The van der Waals surface area contributed by atoms with E-state index in [9.17, 15) is 14.0 Å². The summed E-state index contributed by atoms with van der Waals surface area (Å²) in [7, 11) is 2.01. The van der Waals surface area contributed by atoms with E-state index in [2.05, 4.69) is 10.2 Å². The van der Waals surface area contributed by atoms with Gasteiger partial charge in [-0.3, -0.25) is 9.59 Å². The van der Waals surface area contributed by atoms with Crippen molar-refractivity contribution in [1.29, 1.82) is 0 Å². The largest absolute Gasteiger partial charge is 0.355 e. The molecule has 1 heterocycles. The minimum atomic E-state index is -0.305. The fourth-order valence-corrected chi connectivity index (χ4v) is 2.41. The van der Waals surface area contributed by atoms with E-state index in [0.29, 0.717) is 31.6 Å². The van der Waals surface area contributed by atoms with Crippen LogP contribution in [0.5, 0.6) is 0 Å². The molecule has 5 nitrogen and oxygen atoms in total. The molecule has 1 fully saturated rings. The maximum absolute atomic E-state index is 13.4. The molecule has 120 valence electrons. The van der Waals surface area contributed by atoms with Gasteiger partial charge in [-0.2, -0.15) is 0 Å². The Hall–Kier alpha value is -1.95. The summed E-state index contributed by atoms with van der Waals surface area (Å²) in [5, 5.41) is 2.67. The number of nitrogens with zero attached hydrogens (tertiary/aromatic N) is 2. The van der Waals surface area contributed by atoms with Gasteiger partial charge < -0.3 is 15.1 Å². The lowest BCUT2D eigenvalue weighted by atomic mass is 10.1. The Labute approximate surface area is 130 Å². The highest BCUT2D eigenvalue weighted by atomic mass is 19.1. The van der Waals surface area contributed by atoms with Gasteiger partial charge in [-0.05, 0) is 25.1 Å². The molecule has 1 aliphatic heterocycles. The number of hydrogen-bond acceptors (Lipinski definition) is 3. The number of hydrogen-bond donors (Lipinski definition) is 1. The number of piperazine rings is 1. The number of halogens is 1. The fourth-order valence-electron chi connectivity index (χ4n) is 2.41. The number of likely N-dealkylation sites (N-methyl/N-ethyl adjacent to an activating group) is 1. The zero-order valence-corrected chi connectivity index (χ0v) is 12.8. The summed E-state index contributed by atoms with van der Waals surface area (Å²) in [5.41, 5.74) is 0.563. The molecule has 1 aromatic carbocycles. The predicted octanol–water partition coefficient (Wildman–Crippen LogP) is 0.649. The van der Waals surface area contributed by atoms with E-state index in [1.165, 1.54) is 6.07 Å². The molecule has 0 saturated carbocycles. The zero-order chi connectivity index (χ0) is 15.9. The molecule has 1 aromatic rings. The lowest BCUT2D eigenvalue weighted by Gasteiger charge is -2.32. The van der Waals surface area contributed by atoms with Gasteiger partial charge in [0.15, 0.2) is 0 Å². The van der Waals surface area contributed by atoms with E-state index in [-0.39, 0.29) is 24.1 Å². The van der Waals surface area contributed by atoms with Crippen LogP contribution in [0.4, 0.5) is 4.39 Å². The van der Waals surface area contributed by atoms with Crippen LogP contribution in [-0.2, 0) is 16.0 Å². The molecule has 22 heavy (non-hydrogen) atoms. The number of benzene rings is 1. The normalized spacial score (nSPS) is 15.6. The molecule has 0 aromatic heterocycles. The molecule has 0 radical (unpaired) electrons. The summed E-state index contributed by atoms with van der Waals surface area (Å²) < 4.78 is 13.4. The van der Waals surface area contributed by atoms with E-state index < -0.39 is 0 Å². The van der Waals surface area contributed by atoms with Gasteiger partial charge in [-0.25, -0.2) is 4.39 Å². The van der Waals surface area contributed by atoms with Crippen LogP contribution in [-0.4, -0.2) is 61.4 Å². The first-order chi connectivity index (χ1) is 10.6. The van der Waals surface area contributed by atoms with Crippen LogP contribution in [0.1, 0.15) is 12.0 Å². The van der Waals surface area contributed by atoms with Gasteiger partial charge in [0.2, 0.25) is 11.8 Å². The fraction of sp³-hybridized carbons (Fsp3) is 0.500. The molecule has 0 bridgehead atoms. The SMILES string of the molecule is CN1CCN(C(=O)CC(=O)NCCc2ccccc2F)CC1. The number of nitrogens with one attached hydrogen (secondary N) is 1. The number of carbonyl (C=O) groups excluding carboxylic acids is 2. The topological polar surface area (TPSA) is 52.7 Å². The van der Waals surface area contributed by atoms with E-state index in [1.807, 2.05) is 7.05 Å². The summed E-state index contributed by atoms with van der Waals surface area (Å²) in [6.45, 7) is 3.33. The van der Waals surface area contributed by atoms with Gasteiger partial charge in [0.05, 0.1) is 0 Å². The van der Waals surface area contributed by atoms with Crippen molar-refractivity contribution >= 4 is 11.8 Å². The lowest BCUT2D eigenvalue weighted by molar-refractivity contribution is -0.137. The minimum absolute atomic E-state index is 0.138. The Bertz CT molecular complexity index is 528. The highest BCUT2D eigenvalue weighted by molar-refractivity contribution is 5.96. The number of carbonyl (C=O) groups is 2. The van der Waals surface area contributed by atoms with Crippen molar-refractivity contribution < 1.29 is 14.0 Å². The Morgan fingerprint density at radius 2 is 1.86 bits per heavy atom. The van der Waals surface area contributed by atoms with Crippen molar-refractivity contribution in [2.75, 3.05) is 39.8 Å². The van der Waals surface area contributed by atoms with Crippen LogP contribution >= 0.6 is 0 Å². The smallest absolute Gasteiger partial charge is 0.232 e. The van der Waals surface area contributed by atoms with Crippen LogP contribution in [0.15, 0.2) is 24.3 Å². The van der Waals surface area contributed by atoms with Crippen molar-refractivity contribution in [3.8, 4) is 0 Å². The second-order valence-corrected chi connectivity index (χ2v) is 5.55. The van der Waals surface area contributed by atoms with Crippen LogP contribution in [0.2, 0.25) is 0 Å². The average molecular weight is 307 g/mol. The summed E-state index contributed by atoms with van der Waals surface area (Å²) in [4.78, 5) is 27.6. The Kier molecular flexibility index (Phi) is 5.89. The van der Waals surface area contributed by atoms with Gasteiger partial charge in [0, 0.05) is 32.7 Å². The van der Waals surface area contributed by atoms with Crippen molar-refractivity contribution in [1.82, 2.24) is 15.1 Å². The first kappa shape index (κ1) is 16.4. The average Bonchev–Trinajstić information content (AvgIpc) is 2.50. The van der Waals surface area contributed by atoms with Crippen molar-refractivity contribution in [2.45, 2.75) is 12.8 Å². The molecule has 0 spiro atoms. The summed E-state index contributed by atoms with van der Waals surface area (Å²) >= 11 is 0. The van der Waals surface area contributed by atoms with E-state index in [0.717, 1.165) is 13.1 Å². The number of rotatable bonds is 5. The van der Waals surface area contributed by atoms with Crippen molar-refractivity contribution in [3.63, 3.8) is 0 Å². The number of amides is 2. The van der Waals surface area contributed by atoms with Gasteiger partial charge in [0.1, 0.15) is 12.2 Å². The maximum atomic E-state index is 13.4. The van der Waals surface area contributed by atoms with Gasteiger partial charge in [-0.15, -0.1) is 0 Å². The van der Waals surface area contributed by atoms with Crippen molar-refractivity contribution in [2.24, 2.45) is 0 Å². The molecule has 1 aliphatic rings. The lowest BCUT2D eigenvalue weighted by Crippen LogP contribution is -2.48. The van der Waals surface area contributed by atoms with Crippen LogP contribution in [0.3, 0.4) is 0 Å². The zero-order valence-electron chi connectivity index (χ0n) is 12.8. The molecule has 1 N–H and O–H groups in total. The quantitative estimate of drug-likeness (QED) is 0.813. The molecule has 2 rings (SSSR count). The third-order valence-electron chi connectivity index (χ3n) is 3.84. The van der Waals surface area contributed by atoms with Crippen LogP contribution < -0.4 is 5.32 Å². The second kappa shape index (κ2) is 7.89. The molecule has 0 atom stereocenters. The first-order valence-corrected chi connectivity index (χ1v) is 7.52. The highest BCUT2D eigenvalue weighted by Crippen LogP contribution is 2.06. The van der Waals surface area contributed by atoms with Gasteiger partial charge in [0.25, 0.3) is 0 Å². The molecule has 0 aliphatic carbocycles. The minimum Gasteiger partial charge on any atom is -0.355 e.